The normalized spacial score (nSPS) is 12.9. The van der Waals surface area contributed by atoms with Gasteiger partial charge in [0.2, 0.25) is 0 Å². The topological polar surface area (TPSA) is 114 Å². The number of aliphatic hydroxyl groups is 2. The molecule has 0 heterocycles. The summed E-state index contributed by atoms with van der Waals surface area (Å²) >= 11 is 0. The van der Waals surface area contributed by atoms with Crippen molar-refractivity contribution in [1.29, 1.82) is 0 Å². The molecule has 226 valence electrons. The van der Waals surface area contributed by atoms with Crippen LogP contribution in [-0.4, -0.2) is 115 Å². The summed E-state index contributed by atoms with van der Waals surface area (Å²) in [6.45, 7) is 6.36. The SMILES string of the molecule is O[C@H](COCCOCCOCCOCc1ccccc1)[C@@H](O)COCCOCCOCCOCc1ccccc1. The van der Waals surface area contributed by atoms with E-state index in [1.807, 2.05) is 60.7 Å². The first-order chi connectivity index (χ1) is 19.8. The Morgan fingerprint density at radius 1 is 0.375 bits per heavy atom. The molecule has 0 bridgehead atoms. The van der Waals surface area contributed by atoms with Gasteiger partial charge in [-0.1, -0.05) is 60.7 Å². The van der Waals surface area contributed by atoms with Crippen LogP contribution in [0.5, 0.6) is 0 Å². The van der Waals surface area contributed by atoms with E-state index < -0.39 is 12.2 Å². The summed E-state index contributed by atoms with van der Waals surface area (Å²) in [5, 5.41) is 19.9. The first-order valence-electron chi connectivity index (χ1n) is 13.8. The minimum atomic E-state index is -1.04. The Morgan fingerprint density at radius 2 is 0.650 bits per heavy atom. The van der Waals surface area contributed by atoms with Crippen molar-refractivity contribution >= 4 is 0 Å². The van der Waals surface area contributed by atoms with Gasteiger partial charge in [-0.3, -0.25) is 0 Å². The van der Waals surface area contributed by atoms with Gasteiger partial charge in [0.1, 0.15) is 12.2 Å². The smallest absolute Gasteiger partial charge is 0.105 e. The summed E-state index contributed by atoms with van der Waals surface area (Å²) in [5.74, 6) is 0. The number of rotatable bonds is 27. The molecule has 2 aromatic rings. The van der Waals surface area contributed by atoms with E-state index in [1.54, 1.807) is 0 Å². The molecule has 0 aliphatic carbocycles. The number of hydrogen-bond acceptors (Lipinski definition) is 10. The predicted octanol–water partition coefficient (Wildman–Crippen LogP) is 2.24. The minimum Gasteiger partial charge on any atom is -0.388 e. The van der Waals surface area contributed by atoms with Crippen molar-refractivity contribution in [3.05, 3.63) is 71.8 Å². The van der Waals surface area contributed by atoms with Crippen molar-refractivity contribution in [3.63, 3.8) is 0 Å². The predicted molar refractivity (Wildman–Crippen MR) is 149 cm³/mol. The summed E-state index contributed by atoms with van der Waals surface area (Å²) in [4.78, 5) is 0. The van der Waals surface area contributed by atoms with Crippen molar-refractivity contribution in [3.8, 4) is 0 Å². The molecule has 0 aromatic heterocycles. The number of ether oxygens (including phenoxy) is 8. The first kappa shape index (κ1) is 34.2. The zero-order valence-corrected chi connectivity index (χ0v) is 23.4. The van der Waals surface area contributed by atoms with Crippen molar-refractivity contribution in [1.82, 2.24) is 0 Å². The Bertz CT molecular complexity index is 728. The fraction of sp³-hybridized carbons (Fsp3) is 0.600. The molecule has 2 rings (SSSR count). The van der Waals surface area contributed by atoms with E-state index in [0.29, 0.717) is 92.5 Å². The van der Waals surface area contributed by atoms with Crippen LogP contribution in [-0.2, 0) is 51.1 Å². The number of hydrogen-bond donors (Lipinski definition) is 2. The van der Waals surface area contributed by atoms with Gasteiger partial charge in [0.15, 0.2) is 0 Å². The Hall–Kier alpha value is -1.96. The third kappa shape index (κ3) is 19.2. The second-order valence-corrected chi connectivity index (χ2v) is 8.81. The van der Waals surface area contributed by atoms with Crippen LogP contribution in [0.25, 0.3) is 0 Å². The van der Waals surface area contributed by atoms with Crippen LogP contribution in [0, 0.1) is 0 Å². The molecule has 0 fully saturated rings. The average Bonchev–Trinajstić information content (AvgIpc) is 2.99. The summed E-state index contributed by atoms with van der Waals surface area (Å²) in [5.41, 5.74) is 2.27. The third-order valence-electron chi connectivity index (χ3n) is 5.48. The van der Waals surface area contributed by atoms with E-state index in [4.69, 9.17) is 37.9 Å². The zero-order chi connectivity index (χ0) is 28.4. The molecule has 0 saturated heterocycles. The summed E-state index contributed by atoms with van der Waals surface area (Å²) < 4.78 is 43.5. The van der Waals surface area contributed by atoms with Gasteiger partial charge in [-0.15, -0.1) is 0 Å². The van der Waals surface area contributed by atoms with E-state index in [1.165, 1.54) is 0 Å². The molecule has 0 amide bonds. The molecule has 0 radical (unpaired) electrons. The van der Waals surface area contributed by atoms with E-state index in [2.05, 4.69) is 0 Å². The van der Waals surface area contributed by atoms with Gasteiger partial charge < -0.3 is 48.1 Å². The van der Waals surface area contributed by atoms with Crippen LogP contribution in [0.3, 0.4) is 0 Å². The highest BCUT2D eigenvalue weighted by Crippen LogP contribution is 2.01. The highest BCUT2D eigenvalue weighted by molar-refractivity contribution is 5.14. The van der Waals surface area contributed by atoms with E-state index >= 15 is 0 Å². The molecule has 0 aliphatic heterocycles. The molecule has 10 heteroatoms. The maximum absolute atomic E-state index is 9.97. The van der Waals surface area contributed by atoms with Gasteiger partial charge in [0.05, 0.1) is 106 Å². The van der Waals surface area contributed by atoms with Gasteiger partial charge in [-0.25, -0.2) is 0 Å². The molecule has 0 saturated carbocycles. The Balaban J connectivity index is 1.25. The van der Waals surface area contributed by atoms with E-state index in [-0.39, 0.29) is 13.2 Å². The van der Waals surface area contributed by atoms with E-state index in [0.717, 1.165) is 11.1 Å². The van der Waals surface area contributed by atoms with Crippen molar-refractivity contribution in [2.45, 2.75) is 25.4 Å². The van der Waals surface area contributed by atoms with Crippen LogP contribution in [0.2, 0.25) is 0 Å². The molecule has 2 aromatic carbocycles. The first-order valence-corrected chi connectivity index (χ1v) is 13.8. The number of benzene rings is 2. The van der Waals surface area contributed by atoms with Gasteiger partial charge in [-0.2, -0.15) is 0 Å². The lowest BCUT2D eigenvalue weighted by Crippen LogP contribution is -2.35. The van der Waals surface area contributed by atoms with Crippen molar-refractivity contribution in [2.75, 3.05) is 92.5 Å². The molecule has 40 heavy (non-hydrogen) atoms. The van der Waals surface area contributed by atoms with Crippen LogP contribution in [0.4, 0.5) is 0 Å². The Morgan fingerprint density at radius 3 is 0.975 bits per heavy atom. The summed E-state index contributed by atoms with van der Waals surface area (Å²) in [6, 6.07) is 20.0. The minimum absolute atomic E-state index is 0.00790. The Labute approximate surface area is 238 Å². The summed E-state index contributed by atoms with van der Waals surface area (Å²) in [6.07, 6.45) is -2.09. The fourth-order valence-corrected chi connectivity index (χ4v) is 3.27. The highest BCUT2D eigenvalue weighted by atomic mass is 16.6. The van der Waals surface area contributed by atoms with Crippen LogP contribution >= 0.6 is 0 Å². The van der Waals surface area contributed by atoms with Crippen LogP contribution < -0.4 is 0 Å². The molecule has 10 nitrogen and oxygen atoms in total. The maximum atomic E-state index is 9.97. The number of aliphatic hydroxyl groups excluding tert-OH is 2. The van der Waals surface area contributed by atoms with Crippen molar-refractivity contribution in [2.24, 2.45) is 0 Å². The standard InChI is InChI=1S/C30H46O10/c31-29(25-39-21-17-35-13-11-33-15-19-37-23-27-7-3-1-4-8-27)30(32)26-40-22-18-36-14-12-34-16-20-38-24-28-9-5-2-6-10-28/h1-10,29-32H,11-26H2/t29-,30+. The lowest BCUT2D eigenvalue weighted by Gasteiger charge is -2.18. The molecule has 0 spiro atoms. The lowest BCUT2D eigenvalue weighted by molar-refractivity contribution is -0.0827. The van der Waals surface area contributed by atoms with Gasteiger partial charge in [-0.05, 0) is 11.1 Å². The highest BCUT2D eigenvalue weighted by Gasteiger charge is 2.16. The molecule has 2 atom stereocenters. The maximum Gasteiger partial charge on any atom is 0.105 e. The molecule has 0 aliphatic rings. The molecular weight excluding hydrogens is 520 g/mol. The second-order valence-electron chi connectivity index (χ2n) is 8.81. The third-order valence-corrected chi connectivity index (χ3v) is 5.48. The fourth-order valence-electron chi connectivity index (χ4n) is 3.27. The van der Waals surface area contributed by atoms with Gasteiger partial charge in [0, 0.05) is 0 Å². The monoisotopic (exact) mass is 566 g/mol. The Kier molecular flexibility index (Phi) is 21.2. The van der Waals surface area contributed by atoms with E-state index in [9.17, 15) is 10.2 Å². The lowest BCUT2D eigenvalue weighted by atomic mass is 10.2. The summed E-state index contributed by atoms with van der Waals surface area (Å²) in [7, 11) is 0. The molecular formula is C30H46O10. The largest absolute Gasteiger partial charge is 0.388 e. The second kappa shape index (κ2) is 24.8. The molecule has 0 unspecified atom stereocenters. The van der Waals surface area contributed by atoms with Crippen molar-refractivity contribution < 1.29 is 48.1 Å². The molecule has 2 N–H and O–H groups in total. The average molecular weight is 567 g/mol. The van der Waals surface area contributed by atoms with Gasteiger partial charge >= 0.3 is 0 Å². The van der Waals surface area contributed by atoms with Crippen LogP contribution in [0.1, 0.15) is 11.1 Å². The van der Waals surface area contributed by atoms with Crippen LogP contribution in [0.15, 0.2) is 60.7 Å². The zero-order valence-electron chi connectivity index (χ0n) is 23.4. The van der Waals surface area contributed by atoms with Gasteiger partial charge in [0.25, 0.3) is 0 Å². The quantitative estimate of drug-likeness (QED) is 0.156.